The standard InChI is InChI=1S/C7H16N2/c1-7(2)5-9(4)6-8-3/h6-7H,5H2,1-4H3. The maximum atomic E-state index is 3.89. The molecule has 0 spiro atoms. The summed E-state index contributed by atoms with van der Waals surface area (Å²) >= 11 is 0. The molecule has 0 aliphatic rings. The normalized spacial score (nSPS) is 11.2. The van der Waals surface area contributed by atoms with Crippen LogP contribution in [-0.4, -0.2) is 31.9 Å². The Morgan fingerprint density at radius 1 is 1.56 bits per heavy atom. The van der Waals surface area contributed by atoms with Gasteiger partial charge >= 0.3 is 0 Å². The molecule has 0 saturated heterocycles. The fourth-order valence-electron chi connectivity index (χ4n) is 0.820. The minimum atomic E-state index is 0.716. The second-order valence-corrected chi connectivity index (χ2v) is 2.71. The molecule has 2 heteroatoms. The molecule has 54 valence electrons. The van der Waals surface area contributed by atoms with Crippen molar-refractivity contribution in [1.82, 2.24) is 4.90 Å². The molecular weight excluding hydrogens is 112 g/mol. The molecule has 0 aromatic rings. The third-order valence-electron chi connectivity index (χ3n) is 0.966. The molecule has 0 fully saturated rings. The predicted molar refractivity (Wildman–Crippen MR) is 41.9 cm³/mol. The summed E-state index contributed by atoms with van der Waals surface area (Å²) in [5, 5.41) is 0. The quantitative estimate of drug-likeness (QED) is 0.412. The van der Waals surface area contributed by atoms with Crippen molar-refractivity contribution in [2.45, 2.75) is 13.8 Å². The molecular formula is C7H16N2. The van der Waals surface area contributed by atoms with Gasteiger partial charge in [-0.25, -0.2) is 0 Å². The Hall–Kier alpha value is -0.530. The predicted octanol–water partition coefficient (Wildman–Crippen LogP) is 1.23. The van der Waals surface area contributed by atoms with E-state index >= 15 is 0 Å². The fraction of sp³-hybridized carbons (Fsp3) is 0.857. The van der Waals surface area contributed by atoms with Gasteiger partial charge in [-0.1, -0.05) is 13.8 Å². The highest BCUT2D eigenvalue weighted by Gasteiger charge is 1.94. The zero-order valence-corrected chi connectivity index (χ0v) is 6.76. The largest absolute Gasteiger partial charge is 0.366 e. The molecule has 9 heavy (non-hydrogen) atoms. The summed E-state index contributed by atoms with van der Waals surface area (Å²) in [6, 6.07) is 0. The van der Waals surface area contributed by atoms with Crippen LogP contribution in [0.25, 0.3) is 0 Å². The second kappa shape index (κ2) is 4.36. The van der Waals surface area contributed by atoms with Gasteiger partial charge in [0.15, 0.2) is 0 Å². The highest BCUT2D eigenvalue weighted by molar-refractivity contribution is 5.53. The van der Waals surface area contributed by atoms with Crippen molar-refractivity contribution in [3.63, 3.8) is 0 Å². The maximum Gasteiger partial charge on any atom is 0.0843 e. The van der Waals surface area contributed by atoms with E-state index in [9.17, 15) is 0 Å². The number of hydrogen-bond donors (Lipinski definition) is 0. The third-order valence-corrected chi connectivity index (χ3v) is 0.966. The summed E-state index contributed by atoms with van der Waals surface area (Å²) in [6.07, 6.45) is 1.85. The van der Waals surface area contributed by atoms with E-state index in [0.717, 1.165) is 6.54 Å². The summed E-state index contributed by atoms with van der Waals surface area (Å²) in [7, 11) is 3.82. The summed E-state index contributed by atoms with van der Waals surface area (Å²) in [5.41, 5.74) is 0. The number of nitrogens with zero attached hydrogens (tertiary/aromatic N) is 2. The van der Waals surface area contributed by atoms with Crippen LogP contribution >= 0.6 is 0 Å². The SMILES string of the molecule is CN=CN(C)CC(C)C. The van der Waals surface area contributed by atoms with Gasteiger partial charge in [0.1, 0.15) is 0 Å². The smallest absolute Gasteiger partial charge is 0.0843 e. The first-order chi connectivity index (χ1) is 4.16. The van der Waals surface area contributed by atoms with E-state index in [0.29, 0.717) is 5.92 Å². The van der Waals surface area contributed by atoms with Gasteiger partial charge in [-0.2, -0.15) is 0 Å². The van der Waals surface area contributed by atoms with Gasteiger partial charge in [0, 0.05) is 20.6 Å². The Morgan fingerprint density at radius 3 is 2.44 bits per heavy atom. The van der Waals surface area contributed by atoms with Gasteiger partial charge in [0.2, 0.25) is 0 Å². The maximum absolute atomic E-state index is 3.89. The van der Waals surface area contributed by atoms with Crippen molar-refractivity contribution >= 4 is 6.34 Å². The van der Waals surface area contributed by atoms with Gasteiger partial charge in [0.25, 0.3) is 0 Å². The van der Waals surface area contributed by atoms with Crippen molar-refractivity contribution < 1.29 is 0 Å². The van der Waals surface area contributed by atoms with Crippen LogP contribution < -0.4 is 0 Å². The number of rotatable bonds is 3. The monoisotopic (exact) mass is 128 g/mol. The molecule has 0 atom stereocenters. The summed E-state index contributed by atoms with van der Waals surface area (Å²) < 4.78 is 0. The van der Waals surface area contributed by atoms with E-state index in [4.69, 9.17) is 0 Å². The molecule has 0 bridgehead atoms. The van der Waals surface area contributed by atoms with Crippen molar-refractivity contribution in [2.24, 2.45) is 10.9 Å². The first kappa shape index (κ1) is 8.47. The lowest BCUT2D eigenvalue weighted by Crippen LogP contribution is -2.21. The number of aliphatic imine (C=N–C) groups is 1. The van der Waals surface area contributed by atoms with E-state index in [1.807, 2.05) is 13.4 Å². The molecule has 0 N–H and O–H groups in total. The van der Waals surface area contributed by atoms with Crippen LogP contribution in [0.5, 0.6) is 0 Å². The van der Waals surface area contributed by atoms with Crippen LogP contribution in [0.15, 0.2) is 4.99 Å². The molecule has 0 heterocycles. The van der Waals surface area contributed by atoms with Crippen molar-refractivity contribution in [3.05, 3.63) is 0 Å². The van der Waals surface area contributed by atoms with Crippen LogP contribution in [0.1, 0.15) is 13.8 Å². The number of hydrogen-bond acceptors (Lipinski definition) is 1. The van der Waals surface area contributed by atoms with Gasteiger partial charge in [-0.15, -0.1) is 0 Å². The van der Waals surface area contributed by atoms with E-state index < -0.39 is 0 Å². The Labute approximate surface area is 57.6 Å². The molecule has 0 aliphatic heterocycles. The van der Waals surface area contributed by atoms with Crippen LogP contribution in [-0.2, 0) is 0 Å². The summed E-state index contributed by atoms with van der Waals surface area (Å²) in [6.45, 7) is 5.47. The molecule has 2 nitrogen and oxygen atoms in total. The van der Waals surface area contributed by atoms with E-state index in [1.165, 1.54) is 0 Å². The van der Waals surface area contributed by atoms with Crippen LogP contribution in [0.4, 0.5) is 0 Å². The first-order valence-corrected chi connectivity index (χ1v) is 3.29. The Morgan fingerprint density at radius 2 is 2.11 bits per heavy atom. The lowest BCUT2D eigenvalue weighted by Gasteiger charge is -2.14. The Balaban J connectivity index is 3.38. The Bertz CT molecular complexity index is 86.9. The second-order valence-electron chi connectivity index (χ2n) is 2.71. The summed E-state index contributed by atoms with van der Waals surface area (Å²) in [5.74, 6) is 0.716. The molecule has 0 saturated carbocycles. The zero-order valence-electron chi connectivity index (χ0n) is 6.76. The fourth-order valence-corrected chi connectivity index (χ4v) is 0.820. The lowest BCUT2D eigenvalue weighted by atomic mass is 10.2. The van der Waals surface area contributed by atoms with E-state index in [1.54, 1.807) is 7.05 Å². The minimum Gasteiger partial charge on any atom is -0.366 e. The molecule has 0 amide bonds. The highest BCUT2D eigenvalue weighted by Crippen LogP contribution is 1.92. The van der Waals surface area contributed by atoms with E-state index in [-0.39, 0.29) is 0 Å². The van der Waals surface area contributed by atoms with Crippen LogP contribution in [0.2, 0.25) is 0 Å². The molecule has 0 radical (unpaired) electrons. The van der Waals surface area contributed by atoms with Crippen LogP contribution in [0.3, 0.4) is 0 Å². The average Bonchev–Trinajstić information content (AvgIpc) is 1.63. The lowest BCUT2D eigenvalue weighted by molar-refractivity contribution is 0.434. The first-order valence-electron chi connectivity index (χ1n) is 3.29. The third kappa shape index (κ3) is 5.34. The topological polar surface area (TPSA) is 15.6 Å². The van der Waals surface area contributed by atoms with Crippen LogP contribution in [0, 0.1) is 5.92 Å². The van der Waals surface area contributed by atoms with Crippen molar-refractivity contribution in [1.29, 1.82) is 0 Å². The average molecular weight is 128 g/mol. The van der Waals surface area contributed by atoms with E-state index in [2.05, 4.69) is 23.7 Å². The van der Waals surface area contributed by atoms with Crippen molar-refractivity contribution in [2.75, 3.05) is 20.6 Å². The Kier molecular flexibility index (Phi) is 4.10. The molecule has 0 rings (SSSR count). The highest BCUT2D eigenvalue weighted by atomic mass is 15.1. The zero-order chi connectivity index (χ0) is 7.28. The van der Waals surface area contributed by atoms with Gasteiger partial charge < -0.3 is 4.90 Å². The van der Waals surface area contributed by atoms with Gasteiger partial charge in [-0.05, 0) is 5.92 Å². The molecule has 0 aliphatic carbocycles. The molecule has 0 aromatic carbocycles. The minimum absolute atomic E-state index is 0.716. The van der Waals surface area contributed by atoms with Crippen molar-refractivity contribution in [3.8, 4) is 0 Å². The van der Waals surface area contributed by atoms with Gasteiger partial charge in [0.05, 0.1) is 6.34 Å². The molecule has 0 unspecified atom stereocenters. The summed E-state index contributed by atoms with van der Waals surface area (Å²) in [4.78, 5) is 5.98. The molecule has 0 aromatic heterocycles. The van der Waals surface area contributed by atoms with Gasteiger partial charge in [-0.3, -0.25) is 4.99 Å².